The van der Waals surface area contributed by atoms with E-state index in [1.165, 1.54) is 0 Å². The van der Waals surface area contributed by atoms with Crippen molar-refractivity contribution >= 4 is 11.8 Å². The molecule has 0 unspecified atom stereocenters. The van der Waals surface area contributed by atoms with Crippen molar-refractivity contribution in [3.05, 3.63) is 71.3 Å². The summed E-state index contributed by atoms with van der Waals surface area (Å²) >= 11 is 0. The minimum absolute atomic E-state index is 0.174. The molecule has 0 aliphatic heterocycles. The molecular formula is C19H20F2N2O2. The van der Waals surface area contributed by atoms with Gasteiger partial charge in [0.2, 0.25) is 11.8 Å². The summed E-state index contributed by atoms with van der Waals surface area (Å²) in [5, 5.41) is 5.26. The minimum atomic E-state index is -0.759. The molecule has 2 rings (SSSR count). The molecular weight excluding hydrogens is 326 g/mol. The maximum Gasteiger partial charge on any atom is 0.243 e. The first-order chi connectivity index (χ1) is 11.9. The second-order valence-corrected chi connectivity index (χ2v) is 5.78. The Labute approximate surface area is 145 Å². The predicted octanol–water partition coefficient (Wildman–Crippen LogP) is 2.37. The second-order valence-electron chi connectivity index (χ2n) is 5.78. The summed E-state index contributed by atoms with van der Waals surface area (Å²) in [5.74, 6) is -2.60. The normalized spacial score (nSPS) is 11.8. The van der Waals surface area contributed by atoms with Crippen LogP contribution in [0.1, 0.15) is 18.1 Å². The van der Waals surface area contributed by atoms with Gasteiger partial charge in [-0.3, -0.25) is 14.9 Å². The van der Waals surface area contributed by atoms with Crippen LogP contribution >= 0.6 is 0 Å². The van der Waals surface area contributed by atoms with Gasteiger partial charge in [0.1, 0.15) is 11.6 Å². The Morgan fingerprint density at radius 2 is 1.64 bits per heavy atom. The van der Waals surface area contributed by atoms with E-state index < -0.39 is 29.5 Å². The molecule has 0 spiro atoms. The van der Waals surface area contributed by atoms with E-state index in [0.29, 0.717) is 6.54 Å². The van der Waals surface area contributed by atoms with Crippen LogP contribution in [0.3, 0.4) is 0 Å². The fourth-order valence-electron chi connectivity index (χ4n) is 2.36. The first-order valence-corrected chi connectivity index (χ1v) is 8.00. The number of hydrogen-bond acceptors (Lipinski definition) is 3. The van der Waals surface area contributed by atoms with Gasteiger partial charge in [-0.25, -0.2) is 8.78 Å². The van der Waals surface area contributed by atoms with Gasteiger partial charge < -0.3 is 5.32 Å². The molecule has 0 saturated heterocycles. The van der Waals surface area contributed by atoms with Crippen molar-refractivity contribution in [1.82, 2.24) is 10.6 Å². The van der Waals surface area contributed by atoms with E-state index in [4.69, 9.17) is 0 Å². The molecule has 0 aliphatic carbocycles. The summed E-state index contributed by atoms with van der Waals surface area (Å²) < 4.78 is 26.2. The van der Waals surface area contributed by atoms with Gasteiger partial charge in [0.05, 0.1) is 12.5 Å². The highest BCUT2D eigenvalue weighted by molar-refractivity contribution is 5.98. The topological polar surface area (TPSA) is 58.2 Å². The van der Waals surface area contributed by atoms with Gasteiger partial charge >= 0.3 is 0 Å². The zero-order chi connectivity index (χ0) is 18.2. The number of amides is 2. The van der Waals surface area contributed by atoms with Crippen molar-refractivity contribution in [3.63, 3.8) is 0 Å². The Bertz CT molecular complexity index is 715. The standard InChI is InChI=1S/C19H20F2N2O2/c1-13(22-8-7-14-5-3-2-4-6-14)19(25)23-18(24)11-15-9-16(20)12-17(21)10-15/h2-6,9-10,12-13,22H,7-8,11H2,1H3,(H,23,24,25)/t13-/m0/s1. The maximum absolute atomic E-state index is 13.1. The third kappa shape index (κ3) is 6.43. The highest BCUT2D eigenvalue weighted by atomic mass is 19.1. The third-order valence-corrected chi connectivity index (χ3v) is 3.65. The average Bonchev–Trinajstić information content (AvgIpc) is 2.54. The average molecular weight is 346 g/mol. The van der Waals surface area contributed by atoms with Crippen LogP contribution in [0.25, 0.3) is 0 Å². The van der Waals surface area contributed by atoms with E-state index in [1.54, 1.807) is 6.92 Å². The molecule has 4 nitrogen and oxygen atoms in total. The highest BCUT2D eigenvalue weighted by Crippen LogP contribution is 2.08. The van der Waals surface area contributed by atoms with Crippen LogP contribution in [0.5, 0.6) is 0 Å². The molecule has 25 heavy (non-hydrogen) atoms. The number of hydrogen-bond donors (Lipinski definition) is 2. The van der Waals surface area contributed by atoms with Crippen LogP contribution < -0.4 is 10.6 Å². The lowest BCUT2D eigenvalue weighted by atomic mass is 10.1. The Morgan fingerprint density at radius 1 is 1.00 bits per heavy atom. The molecule has 6 heteroatoms. The van der Waals surface area contributed by atoms with Crippen LogP contribution in [0, 0.1) is 11.6 Å². The van der Waals surface area contributed by atoms with Crippen molar-refractivity contribution in [1.29, 1.82) is 0 Å². The molecule has 0 aromatic heterocycles. The van der Waals surface area contributed by atoms with Gasteiger partial charge in [0, 0.05) is 6.07 Å². The molecule has 0 fully saturated rings. The number of carbonyl (C=O) groups excluding carboxylic acids is 2. The molecule has 2 N–H and O–H groups in total. The summed E-state index contributed by atoms with van der Waals surface area (Å²) in [5.41, 5.74) is 1.32. The van der Waals surface area contributed by atoms with Crippen LogP contribution in [0.2, 0.25) is 0 Å². The number of carbonyl (C=O) groups is 2. The molecule has 2 aromatic rings. The maximum atomic E-state index is 13.1. The molecule has 2 amide bonds. The van der Waals surface area contributed by atoms with E-state index >= 15 is 0 Å². The lowest BCUT2D eigenvalue weighted by Gasteiger charge is -2.13. The van der Waals surface area contributed by atoms with Crippen LogP contribution in [-0.2, 0) is 22.4 Å². The number of benzene rings is 2. The lowest BCUT2D eigenvalue weighted by Crippen LogP contribution is -2.45. The largest absolute Gasteiger partial charge is 0.306 e. The second kappa shape index (κ2) is 9.03. The van der Waals surface area contributed by atoms with Gasteiger partial charge in [-0.05, 0) is 43.1 Å². The first-order valence-electron chi connectivity index (χ1n) is 8.00. The SMILES string of the molecule is C[C@H](NCCc1ccccc1)C(=O)NC(=O)Cc1cc(F)cc(F)c1. The van der Waals surface area contributed by atoms with Crippen LogP contribution in [0.4, 0.5) is 8.78 Å². The zero-order valence-corrected chi connectivity index (χ0v) is 13.9. The monoisotopic (exact) mass is 346 g/mol. The molecule has 0 bridgehead atoms. The Morgan fingerprint density at radius 3 is 2.28 bits per heavy atom. The van der Waals surface area contributed by atoms with E-state index in [2.05, 4.69) is 10.6 Å². The number of nitrogens with one attached hydrogen (secondary N) is 2. The van der Waals surface area contributed by atoms with Crippen molar-refractivity contribution < 1.29 is 18.4 Å². The minimum Gasteiger partial charge on any atom is -0.306 e. The molecule has 0 radical (unpaired) electrons. The van der Waals surface area contributed by atoms with Crippen LogP contribution in [-0.4, -0.2) is 24.4 Å². The molecule has 1 atom stereocenters. The summed E-state index contributed by atoms with van der Waals surface area (Å²) in [4.78, 5) is 23.8. The molecule has 0 saturated carbocycles. The van der Waals surface area contributed by atoms with Gasteiger partial charge in [0.15, 0.2) is 0 Å². The first kappa shape index (κ1) is 18.7. The Kier molecular flexibility index (Phi) is 6.77. The molecule has 0 heterocycles. The van der Waals surface area contributed by atoms with Crippen molar-refractivity contribution in [2.45, 2.75) is 25.8 Å². The zero-order valence-electron chi connectivity index (χ0n) is 13.9. The summed E-state index contributed by atoms with van der Waals surface area (Å²) in [6.45, 7) is 2.23. The van der Waals surface area contributed by atoms with E-state index in [0.717, 1.165) is 30.2 Å². The predicted molar refractivity (Wildman–Crippen MR) is 90.8 cm³/mol. The summed E-state index contributed by atoms with van der Waals surface area (Å²) in [6, 6.07) is 12.1. The van der Waals surface area contributed by atoms with E-state index in [9.17, 15) is 18.4 Å². The Hall–Kier alpha value is -2.60. The van der Waals surface area contributed by atoms with Gasteiger partial charge in [-0.1, -0.05) is 30.3 Å². The van der Waals surface area contributed by atoms with Crippen LogP contribution in [0.15, 0.2) is 48.5 Å². The van der Waals surface area contributed by atoms with Crippen molar-refractivity contribution in [2.75, 3.05) is 6.54 Å². The van der Waals surface area contributed by atoms with E-state index in [1.807, 2.05) is 30.3 Å². The summed E-state index contributed by atoms with van der Waals surface area (Å²) in [6.07, 6.45) is 0.492. The Balaban J connectivity index is 1.76. The van der Waals surface area contributed by atoms with Gasteiger partial charge in [-0.2, -0.15) is 0 Å². The lowest BCUT2D eigenvalue weighted by molar-refractivity contribution is -0.131. The van der Waals surface area contributed by atoms with E-state index in [-0.39, 0.29) is 12.0 Å². The molecule has 132 valence electrons. The van der Waals surface area contributed by atoms with Crippen molar-refractivity contribution in [3.8, 4) is 0 Å². The highest BCUT2D eigenvalue weighted by Gasteiger charge is 2.16. The molecule has 2 aromatic carbocycles. The number of halogens is 2. The van der Waals surface area contributed by atoms with Crippen molar-refractivity contribution in [2.24, 2.45) is 0 Å². The smallest absolute Gasteiger partial charge is 0.243 e. The van der Waals surface area contributed by atoms with Gasteiger partial charge in [0.25, 0.3) is 0 Å². The summed E-state index contributed by atoms with van der Waals surface area (Å²) in [7, 11) is 0. The quantitative estimate of drug-likeness (QED) is 0.809. The number of rotatable bonds is 7. The fraction of sp³-hybridized carbons (Fsp3) is 0.263. The van der Waals surface area contributed by atoms with Gasteiger partial charge in [-0.15, -0.1) is 0 Å². The fourth-order valence-corrected chi connectivity index (χ4v) is 2.36. The third-order valence-electron chi connectivity index (χ3n) is 3.65. The number of imide groups is 1. The molecule has 0 aliphatic rings.